The molecule has 0 bridgehead atoms. The van der Waals surface area contributed by atoms with Crippen LogP contribution in [0.2, 0.25) is 0 Å². The van der Waals surface area contributed by atoms with Gasteiger partial charge in [0.1, 0.15) is 0 Å². The van der Waals surface area contributed by atoms with E-state index in [1.165, 1.54) is 11.1 Å². The molecular formula is C18H22N4OS. The molecule has 2 aromatic carbocycles. The zero-order valence-corrected chi connectivity index (χ0v) is 14.9. The Balaban J connectivity index is 2.32. The Hall–Kier alpha value is -2.31. The summed E-state index contributed by atoms with van der Waals surface area (Å²) < 4.78 is 2.98. The molecule has 0 heterocycles. The van der Waals surface area contributed by atoms with E-state index in [1.807, 2.05) is 24.3 Å². The second-order valence-electron chi connectivity index (χ2n) is 5.65. The summed E-state index contributed by atoms with van der Waals surface area (Å²) >= 11 is 1.06. The minimum Gasteiger partial charge on any atom is -0.317 e. The van der Waals surface area contributed by atoms with Gasteiger partial charge in [-0.1, -0.05) is 18.2 Å². The predicted octanol–water partition coefficient (Wildman–Crippen LogP) is 3.24. The Morgan fingerprint density at radius 2 is 1.79 bits per heavy atom. The molecule has 0 aliphatic heterocycles. The van der Waals surface area contributed by atoms with E-state index in [9.17, 15) is 4.79 Å². The van der Waals surface area contributed by atoms with Gasteiger partial charge in [0.25, 0.3) is 0 Å². The number of carbonyl (C=O) groups excluding carboxylic acids is 1. The topological polar surface area (TPSA) is 79.5 Å². The van der Waals surface area contributed by atoms with E-state index >= 15 is 0 Å². The van der Waals surface area contributed by atoms with Crippen LogP contribution in [0.15, 0.2) is 41.5 Å². The standard InChI is InChI=1S/C18H22N4OS/c1-12-8-14(3)17(9-13(12)2)18(21-20-11-23)10-15-4-6-16(7-5-15)22-24-19/h4-9,11,22H,10,19H2,1-3H3,(H,20,23)/b21-18-. The number of amides is 1. The molecule has 2 rings (SSSR count). The van der Waals surface area contributed by atoms with Gasteiger partial charge in [-0.15, -0.1) is 0 Å². The molecule has 0 aliphatic carbocycles. The largest absolute Gasteiger partial charge is 0.317 e. The molecule has 0 saturated carbocycles. The molecule has 0 fully saturated rings. The van der Waals surface area contributed by atoms with E-state index in [1.54, 1.807) is 0 Å². The summed E-state index contributed by atoms with van der Waals surface area (Å²) in [5.74, 6) is 0. The van der Waals surface area contributed by atoms with Crippen LogP contribution in [0, 0.1) is 20.8 Å². The summed E-state index contributed by atoms with van der Waals surface area (Å²) in [6.45, 7) is 6.23. The molecule has 126 valence electrons. The highest BCUT2D eigenvalue weighted by Gasteiger charge is 2.11. The first-order valence-corrected chi connectivity index (χ1v) is 8.47. The van der Waals surface area contributed by atoms with Crippen molar-refractivity contribution in [3.05, 3.63) is 64.2 Å². The number of aryl methyl sites for hydroxylation is 3. The lowest BCUT2D eigenvalue weighted by Crippen LogP contribution is -2.14. The lowest BCUT2D eigenvalue weighted by molar-refractivity contribution is -0.109. The molecule has 0 radical (unpaired) electrons. The van der Waals surface area contributed by atoms with Crippen molar-refractivity contribution in [3.8, 4) is 0 Å². The second kappa shape index (κ2) is 8.52. The molecule has 0 aliphatic rings. The van der Waals surface area contributed by atoms with Crippen LogP contribution in [0.3, 0.4) is 0 Å². The van der Waals surface area contributed by atoms with Crippen molar-refractivity contribution >= 4 is 29.9 Å². The number of anilines is 1. The highest BCUT2D eigenvalue weighted by atomic mass is 32.2. The van der Waals surface area contributed by atoms with Gasteiger partial charge in [0.05, 0.1) is 5.71 Å². The zero-order valence-electron chi connectivity index (χ0n) is 14.1. The molecule has 6 heteroatoms. The Bertz CT molecular complexity index is 741. The summed E-state index contributed by atoms with van der Waals surface area (Å²) in [5.41, 5.74) is 9.95. The summed E-state index contributed by atoms with van der Waals surface area (Å²) in [6, 6.07) is 12.2. The zero-order chi connectivity index (χ0) is 17.5. The molecule has 2 aromatic rings. The number of rotatable bonds is 7. The van der Waals surface area contributed by atoms with E-state index in [0.29, 0.717) is 12.8 Å². The van der Waals surface area contributed by atoms with Crippen LogP contribution in [0.25, 0.3) is 0 Å². The first kappa shape index (κ1) is 18.0. The SMILES string of the molecule is Cc1cc(C)c(/C(Cc2ccc(NSN)cc2)=N\NC=O)cc1C. The van der Waals surface area contributed by atoms with Crippen LogP contribution in [0.4, 0.5) is 5.69 Å². The van der Waals surface area contributed by atoms with Gasteiger partial charge in [-0.05, 0) is 61.2 Å². The molecule has 24 heavy (non-hydrogen) atoms. The fourth-order valence-corrected chi connectivity index (χ4v) is 2.79. The summed E-state index contributed by atoms with van der Waals surface area (Å²) in [5, 5.41) is 9.66. The number of nitrogens with two attached hydrogens (primary N) is 1. The molecule has 0 unspecified atom stereocenters. The third-order valence-electron chi connectivity index (χ3n) is 3.91. The number of hydrogen-bond donors (Lipinski definition) is 3. The fraction of sp³-hybridized carbons (Fsp3) is 0.222. The van der Waals surface area contributed by atoms with Crippen molar-refractivity contribution in [1.29, 1.82) is 0 Å². The second-order valence-corrected chi connectivity index (χ2v) is 6.09. The van der Waals surface area contributed by atoms with Crippen molar-refractivity contribution in [2.75, 3.05) is 4.72 Å². The average molecular weight is 342 g/mol. The Labute approximate surface area is 147 Å². The van der Waals surface area contributed by atoms with Crippen molar-refractivity contribution < 1.29 is 4.79 Å². The van der Waals surface area contributed by atoms with Crippen molar-refractivity contribution in [1.82, 2.24) is 5.43 Å². The van der Waals surface area contributed by atoms with Crippen LogP contribution >= 0.6 is 12.1 Å². The van der Waals surface area contributed by atoms with Gasteiger partial charge in [0.2, 0.25) is 6.41 Å². The van der Waals surface area contributed by atoms with Crippen LogP contribution in [-0.4, -0.2) is 12.1 Å². The van der Waals surface area contributed by atoms with Crippen LogP contribution < -0.4 is 15.3 Å². The van der Waals surface area contributed by atoms with E-state index < -0.39 is 0 Å². The third-order valence-corrected chi connectivity index (χ3v) is 4.26. The molecule has 0 aromatic heterocycles. The monoisotopic (exact) mass is 342 g/mol. The minimum atomic E-state index is 0.585. The third kappa shape index (κ3) is 4.59. The van der Waals surface area contributed by atoms with Gasteiger partial charge in [-0.3, -0.25) is 9.93 Å². The minimum absolute atomic E-state index is 0.585. The van der Waals surface area contributed by atoms with Crippen molar-refractivity contribution in [2.24, 2.45) is 10.2 Å². The van der Waals surface area contributed by atoms with Crippen LogP contribution in [-0.2, 0) is 11.2 Å². The first-order chi connectivity index (χ1) is 11.5. The molecule has 4 N–H and O–H groups in total. The van der Waals surface area contributed by atoms with Gasteiger partial charge < -0.3 is 4.72 Å². The Kier molecular flexibility index (Phi) is 6.40. The Morgan fingerprint density at radius 1 is 1.12 bits per heavy atom. The number of hydrogen-bond acceptors (Lipinski definition) is 5. The lowest BCUT2D eigenvalue weighted by atomic mass is 9.94. The fourth-order valence-electron chi connectivity index (χ4n) is 2.52. The Morgan fingerprint density at radius 3 is 2.42 bits per heavy atom. The van der Waals surface area contributed by atoms with Crippen LogP contribution in [0.5, 0.6) is 0 Å². The quantitative estimate of drug-likeness (QED) is 0.312. The molecular weight excluding hydrogens is 320 g/mol. The number of nitrogens with one attached hydrogen (secondary N) is 2. The van der Waals surface area contributed by atoms with E-state index in [2.05, 4.69) is 48.2 Å². The smallest absolute Gasteiger partial charge is 0.227 e. The number of hydrazone groups is 1. The van der Waals surface area contributed by atoms with Gasteiger partial charge in [0.15, 0.2) is 0 Å². The first-order valence-electron chi connectivity index (χ1n) is 7.59. The molecule has 1 amide bonds. The summed E-state index contributed by atoms with van der Waals surface area (Å²) in [7, 11) is 0. The highest BCUT2D eigenvalue weighted by molar-refractivity contribution is 7.98. The lowest BCUT2D eigenvalue weighted by Gasteiger charge is -2.13. The van der Waals surface area contributed by atoms with Crippen LogP contribution in [0.1, 0.15) is 27.8 Å². The van der Waals surface area contributed by atoms with E-state index in [-0.39, 0.29) is 0 Å². The van der Waals surface area contributed by atoms with Gasteiger partial charge in [-0.25, -0.2) is 5.43 Å². The molecule has 5 nitrogen and oxygen atoms in total. The number of benzene rings is 2. The molecule has 0 spiro atoms. The normalized spacial score (nSPS) is 11.2. The average Bonchev–Trinajstić information content (AvgIpc) is 2.57. The van der Waals surface area contributed by atoms with Crippen molar-refractivity contribution in [2.45, 2.75) is 27.2 Å². The van der Waals surface area contributed by atoms with E-state index in [4.69, 9.17) is 5.14 Å². The highest BCUT2D eigenvalue weighted by Crippen LogP contribution is 2.19. The van der Waals surface area contributed by atoms with Crippen molar-refractivity contribution in [3.63, 3.8) is 0 Å². The summed E-state index contributed by atoms with van der Waals surface area (Å²) in [6.07, 6.45) is 1.21. The maximum atomic E-state index is 10.7. The number of carbonyl (C=O) groups is 1. The number of nitrogens with zero attached hydrogens (tertiary/aromatic N) is 1. The van der Waals surface area contributed by atoms with E-state index in [0.717, 1.165) is 40.2 Å². The molecule has 0 saturated heterocycles. The van der Waals surface area contributed by atoms with Gasteiger partial charge >= 0.3 is 0 Å². The van der Waals surface area contributed by atoms with Gasteiger partial charge in [0, 0.05) is 29.8 Å². The predicted molar refractivity (Wildman–Crippen MR) is 102 cm³/mol. The maximum absolute atomic E-state index is 10.7. The maximum Gasteiger partial charge on any atom is 0.227 e. The molecule has 0 atom stereocenters. The van der Waals surface area contributed by atoms with Gasteiger partial charge in [-0.2, -0.15) is 5.10 Å². The summed E-state index contributed by atoms with van der Waals surface area (Å²) in [4.78, 5) is 10.7.